The molecule has 0 saturated heterocycles. The molecule has 1 rings (SSSR count). The highest BCUT2D eigenvalue weighted by atomic mass is 32.1. The molecule has 94 valence electrons. The zero-order valence-electron chi connectivity index (χ0n) is 9.51. The third kappa shape index (κ3) is 4.49. The molecule has 1 heterocycles. The predicted octanol–water partition coefficient (Wildman–Crippen LogP) is -0.308. The molecule has 1 aromatic rings. The lowest BCUT2D eigenvalue weighted by Gasteiger charge is -2.10. The van der Waals surface area contributed by atoms with Crippen molar-refractivity contribution in [1.82, 2.24) is 10.3 Å². The maximum Gasteiger partial charge on any atom is 0.332 e. The maximum absolute atomic E-state index is 11.4. The number of carbonyl (C=O) groups is 2. The van der Waals surface area contributed by atoms with Crippen LogP contribution in [0.1, 0.15) is 11.9 Å². The molecule has 0 aromatic carbocycles. The van der Waals surface area contributed by atoms with Crippen LogP contribution in [0.5, 0.6) is 0 Å². The average Bonchev–Trinajstić information content (AvgIpc) is 2.81. The average molecular weight is 257 g/mol. The number of aromatic nitrogens is 1. The van der Waals surface area contributed by atoms with E-state index in [-0.39, 0.29) is 6.61 Å². The van der Waals surface area contributed by atoms with Crippen LogP contribution in [-0.2, 0) is 20.7 Å². The van der Waals surface area contributed by atoms with Crippen LogP contribution in [0.15, 0.2) is 11.6 Å². The first-order valence-electron chi connectivity index (χ1n) is 5.23. The molecular formula is C10H15N3O3S. The van der Waals surface area contributed by atoms with Crippen molar-refractivity contribution in [1.29, 1.82) is 0 Å². The fourth-order valence-corrected chi connectivity index (χ4v) is 1.74. The van der Waals surface area contributed by atoms with Gasteiger partial charge in [0.2, 0.25) is 5.91 Å². The van der Waals surface area contributed by atoms with Crippen molar-refractivity contribution in [2.75, 3.05) is 13.2 Å². The molecule has 0 bridgehead atoms. The van der Waals surface area contributed by atoms with Crippen LogP contribution in [0.25, 0.3) is 0 Å². The van der Waals surface area contributed by atoms with Gasteiger partial charge < -0.3 is 15.8 Å². The summed E-state index contributed by atoms with van der Waals surface area (Å²) in [5.41, 5.74) is 5.41. The largest absolute Gasteiger partial charge is 0.464 e. The third-order valence-electron chi connectivity index (χ3n) is 1.94. The standard InChI is InChI=1S/C10H15N3O3S/c1-2-16-10(15)8(11)9(14)13-4-3-7-12-5-6-17-7/h5-6,8H,2-4,11H2,1H3,(H,13,14). The highest BCUT2D eigenvalue weighted by Gasteiger charge is 2.22. The van der Waals surface area contributed by atoms with Gasteiger partial charge in [0.25, 0.3) is 0 Å². The molecule has 0 aliphatic carbocycles. The second kappa shape index (κ2) is 6.97. The summed E-state index contributed by atoms with van der Waals surface area (Å²) in [6.45, 7) is 2.27. The summed E-state index contributed by atoms with van der Waals surface area (Å²) < 4.78 is 4.64. The van der Waals surface area contributed by atoms with Gasteiger partial charge in [-0.2, -0.15) is 0 Å². The molecule has 1 unspecified atom stereocenters. The SMILES string of the molecule is CCOC(=O)C(N)C(=O)NCCc1nccs1. The van der Waals surface area contributed by atoms with E-state index in [1.165, 1.54) is 11.3 Å². The number of carbonyl (C=O) groups excluding carboxylic acids is 2. The number of nitrogens with two attached hydrogens (primary N) is 1. The zero-order chi connectivity index (χ0) is 12.7. The number of thiazole rings is 1. The monoisotopic (exact) mass is 257 g/mol. The van der Waals surface area contributed by atoms with E-state index in [1.807, 2.05) is 5.38 Å². The highest BCUT2D eigenvalue weighted by molar-refractivity contribution is 7.09. The van der Waals surface area contributed by atoms with Gasteiger partial charge in [0.05, 0.1) is 11.6 Å². The normalized spacial score (nSPS) is 11.9. The fourth-order valence-electron chi connectivity index (χ4n) is 1.12. The molecule has 1 atom stereocenters. The summed E-state index contributed by atoms with van der Waals surface area (Å²) in [5, 5.41) is 5.35. The number of ether oxygens (including phenoxy) is 1. The van der Waals surface area contributed by atoms with Crippen LogP contribution in [0.3, 0.4) is 0 Å². The van der Waals surface area contributed by atoms with E-state index in [4.69, 9.17) is 5.73 Å². The third-order valence-corrected chi connectivity index (χ3v) is 2.78. The molecule has 0 aliphatic rings. The number of esters is 1. The molecule has 1 aromatic heterocycles. The molecule has 0 spiro atoms. The van der Waals surface area contributed by atoms with Crippen molar-refractivity contribution in [2.45, 2.75) is 19.4 Å². The van der Waals surface area contributed by atoms with Crippen molar-refractivity contribution >= 4 is 23.2 Å². The van der Waals surface area contributed by atoms with Crippen LogP contribution in [-0.4, -0.2) is 36.1 Å². The van der Waals surface area contributed by atoms with Crippen molar-refractivity contribution < 1.29 is 14.3 Å². The Morgan fingerprint density at radius 1 is 1.65 bits per heavy atom. The Labute approximate surface area is 103 Å². The summed E-state index contributed by atoms with van der Waals surface area (Å²) >= 11 is 1.51. The van der Waals surface area contributed by atoms with Gasteiger partial charge in [0.15, 0.2) is 6.04 Å². The number of amides is 1. The molecule has 17 heavy (non-hydrogen) atoms. The Morgan fingerprint density at radius 3 is 3.00 bits per heavy atom. The summed E-state index contributed by atoms with van der Waals surface area (Å²) in [6.07, 6.45) is 2.32. The van der Waals surface area contributed by atoms with Gasteiger partial charge in [-0.25, -0.2) is 9.78 Å². The smallest absolute Gasteiger partial charge is 0.332 e. The first-order valence-corrected chi connectivity index (χ1v) is 6.11. The van der Waals surface area contributed by atoms with Crippen molar-refractivity contribution in [2.24, 2.45) is 5.73 Å². The Kier molecular flexibility index (Phi) is 5.58. The van der Waals surface area contributed by atoms with Gasteiger partial charge in [-0.05, 0) is 6.92 Å². The Balaban J connectivity index is 2.27. The van der Waals surface area contributed by atoms with Crippen LogP contribution in [0, 0.1) is 0 Å². The summed E-state index contributed by atoms with van der Waals surface area (Å²) in [6, 6.07) is -1.26. The first-order chi connectivity index (χ1) is 8.15. The van der Waals surface area contributed by atoms with E-state index in [1.54, 1.807) is 13.1 Å². The summed E-state index contributed by atoms with van der Waals surface area (Å²) in [7, 11) is 0. The second-order valence-electron chi connectivity index (χ2n) is 3.20. The minimum Gasteiger partial charge on any atom is -0.464 e. The summed E-state index contributed by atoms with van der Waals surface area (Å²) in [4.78, 5) is 26.7. The summed E-state index contributed by atoms with van der Waals surface area (Å²) in [5.74, 6) is -1.24. The number of nitrogens with one attached hydrogen (secondary N) is 1. The zero-order valence-corrected chi connectivity index (χ0v) is 10.3. The minimum atomic E-state index is -1.26. The highest BCUT2D eigenvalue weighted by Crippen LogP contribution is 2.03. The quantitative estimate of drug-likeness (QED) is 0.538. The molecular weight excluding hydrogens is 242 g/mol. The van der Waals surface area contributed by atoms with Crippen molar-refractivity contribution in [3.05, 3.63) is 16.6 Å². The van der Waals surface area contributed by atoms with Gasteiger partial charge in [0.1, 0.15) is 0 Å². The fraction of sp³-hybridized carbons (Fsp3) is 0.500. The molecule has 7 heteroatoms. The first kappa shape index (κ1) is 13.6. The lowest BCUT2D eigenvalue weighted by Crippen LogP contribution is -2.47. The molecule has 3 N–H and O–H groups in total. The van der Waals surface area contributed by atoms with Crippen molar-refractivity contribution in [3.63, 3.8) is 0 Å². The van der Waals surface area contributed by atoms with E-state index < -0.39 is 17.9 Å². The molecule has 1 amide bonds. The van der Waals surface area contributed by atoms with Gasteiger partial charge >= 0.3 is 5.97 Å². The maximum atomic E-state index is 11.4. The van der Waals surface area contributed by atoms with Crippen molar-refractivity contribution in [3.8, 4) is 0 Å². The minimum absolute atomic E-state index is 0.207. The Hall–Kier alpha value is -1.47. The molecule has 0 radical (unpaired) electrons. The molecule has 0 fully saturated rings. The lowest BCUT2D eigenvalue weighted by atomic mass is 10.3. The van der Waals surface area contributed by atoms with Gasteiger partial charge in [-0.15, -0.1) is 11.3 Å². The van der Waals surface area contributed by atoms with Crippen LogP contribution in [0.4, 0.5) is 0 Å². The van der Waals surface area contributed by atoms with Crippen LogP contribution in [0.2, 0.25) is 0 Å². The number of rotatable bonds is 6. The van der Waals surface area contributed by atoms with E-state index in [0.717, 1.165) is 5.01 Å². The van der Waals surface area contributed by atoms with Crippen LogP contribution >= 0.6 is 11.3 Å². The van der Waals surface area contributed by atoms with E-state index in [0.29, 0.717) is 13.0 Å². The van der Waals surface area contributed by atoms with E-state index >= 15 is 0 Å². The Morgan fingerprint density at radius 2 is 2.41 bits per heavy atom. The van der Waals surface area contributed by atoms with E-state index in [9.17, 15) is 9.59 Å². The predicted molar refractivity (Wildman–Crippen MR) is 63.4 cm³/mol. The lowest BCUT2D eigenvalue weighted by molar-refractivity contribution is -0.147. The van der Waals surface area contributed by atoms with Gasteiger partial charge in [-0.3, -0.25) is 4.79 Å². The van der Waals surface area contributed by atoms with Gasteiger partial charge in [-0.1, -0.05) is 0 Å². The van der Waals surface area contributed by atoms with E-state index in [2.05, 4.69) is 15.0 Å². The second-order valence-corrected chi connectivity index (χ2v) is 4.18. The molecule has 6 nitrogen and oxygen atoms in total. The number of hydrogen-bond donors (Lipinski definition) is 2. The van der Waals surface area contributed by atoms with Gasteiger partial charge in [0, 0.05) is 24.5 Å². The topological polar surface area (TPSA) is 94.3 Å². The molecule has 0 saturated carbocycles. The number of hydrogen-bond acceptors (Lipinski definition) is 6. The van der Waals surface area contributed by atoms with Crippen LogP contribution < -0.4 is 11.1 Å². The Bertz CT molecular complexity index is 367. The number of nitrogens with zero attached hydrogens (tertiary/aromatic N) is 1. The molecule has 0 aliphatic heterocycles.